The molecule has 1 aromatic rings. The standard InChI is InChI=1S/C21H29NO4/c1-20(2,3)21(19(25)26,22-16-12-8-5-9-13-16)17(18(23)24)14-15-10-6-4-7-11-15/h4,6-8,10-12,16-17,22H,5,9,13-14H2,1-3H3,(H,23,24)(H,25,26)/t16?,17?,21-/m0/s1. The van der Waals surface area contributed by atoms with Crippen molar-refractivity contribution >= 4 is 11.9 Å². The summed E-state index contributed by atoms with van der Waals surface area (Å²) in [6.45, 7) is 5.38. The molecule has 3 atom stereocenters. The molecule has 0 spiro atoms. The van der Waals surface area contributed by atoms with E-state index in [-0.39, 0.29) is 12.5 Å². The lowest BCUT2D eigenvalue weighted by Gasteiger charge is -2.47. The molecule has 0 saturated carbocycles. The molecule has 5 heteroatoms. The van der Waals surface area contributed by atoms with Gasteiger partial charge in [-0.25, -0.2) is 0 Å². The first-order valence-electron chi connectivity index (χ1n) is 9.13. The summed E-state index contributed by atoms with van der Waals surface area (Å²) in [6.07, 6.45) is 6.89. The second-order valence-corrected chi connectivity index (χ2v) is 8.05. The quantitative estimate of drug-likeness (QED) is 0.649. The lowest BCUT2D eigenvalue weighted by atomic mass is 9.63. The van der Waals surface area contributed by atoms with Gasteiger partial charge in [-0.3, -0.25) is 14.9 Å². The minimum Gasteiger partial charge on any atom is -0.481 e. The van der Waals surface area contributed by atoms with Gasteiger partial charge in [-0.15, -0.1) is 0 Å². The van der Waals surface area contributed by atoms with Crippen molar-refractivity contribution in [3.63, 3.8) is 0 Å². The second-order valence-electron chi connectivity index (χ2n) is 8.05. The minimum atomic E-state index is -1.60. The summed E-state index contributed by atoms with van der Waals surface area (Å²) in [6, 6.07) is 9.07. The summed E-state index contributed by atoms with van der Waals surface area (Å²) in [7, 11) is 0. The Hall–Kier alpha value is -2.14. The lowest BCUT2D eigenvalue weighted by molar-refractivity contribution is -0.164. The van der Waals surface area contributed by atoms with E-state index < -0.39 is 28.8 Å². The van der Waals surface area contributed by atoms with E-state index in [1.54, 1.807) is 20.8 Å². The molecule has 1 aromatic carbocycles. The van der Waals surface area contributed by atoms with Crippen LogP contribution in [0.3, 0.4) is 0 Å². The van der Waals surface area contributed by atoms with E-state index in [1.165, 1.54) is 0 Å². The molecule has 1 aliphatic rings. The van der Waals surface area contributed by atoms with Crippen LogP contribution in [0.5, 0.6) is 0 Å². The van der Waals surface area contributed by atoms with Gasteiger partial charge >= 0.3 is 11.9 Å². The van der Waals surface area contributed by atoms with Crippen molar-refractivity contribution in [2.45, 2.75) is 58.0 Å². The number of nitrogens with one attached hydrogen (secondary N) is 1. The summed E-state index contributed by atoms with van der Waals surface area (Å²) in [5.74, 6) is -3.32. The van der Waals surface area contributed by atoms with Gasteiger partial charge < -0.3 is 10.2 Å². The lowest BCUT2D eigenvalue weighted by Crippen LogP contribution is -2.69. The molecule has 3 N–H and O–H groups in total. The van der Waals surface area contributed by atoms with Crippen LogP contribution >= 0.6 is 0 Å². The first-order chi connectivity index (χ1) is 12.2. The molecule has 5 nitrogen and oxygen atoms in total. The highest BCUT2D eigenvalue weighted by Crippen LogP contribution is 2.40. The molecule has 0 heterocycles. The van der Waals surface area contributed by atoms with Crippen molar-refractivity contribution in [2.24, 2.45) is 11.3 Å². The number of aliphatic carboxylic acids is 2. The smallest absolute Gasteiger partial charge is 0.325 e. The van der Waals surface area contributed by atoms with Crippen LogP contribution in [0.15, 0.2) is 42.5 Å². The van der Waals surface area contributed by atoms with Gasteiger partial charge in [-0.05, 0) is 36.7 Å². The summed E-state index contributed by atoms with van der Waals surface area (Å²) >= 11 is 0. The third-order valence-electron chi connectivity index (χ3n) is 5.29. The molecule has 142 valence electrons. The SMILES string of the molecule is CC(C)(C)[C@@](NC1C=CCCC1)(C(=O)O)C(Cc1ccccc1)C(=O)O. The number of benzene rings is 1. The third kappa shape index (κ3) is 4.15. The number of hydrogen-bond donors (Lipinski definition) is 3. The van der Waals surface area contributed by atoms with Gasteiger partial charge in [-0.1, -0.05) is 63.3 Å². The highest BCUT2D eigenvalue weighted by Gasteiger charge is 2.57. The molecule has 1 aliphatic carbocycles. The van der Waals surface area contributed by atoms with Gasteiger partial charge in [0.05, 0.1) is 5.92 Å². The first-order valence-corrected chi connectivity index (χ1v) is 9.13. The fraction of sp³-hybridized carbons (Fsp3) is 0.524. The second kappa shape index (κ2) is 8.04. The summed E-state index contributed by atoms with van der Waals surface area (Å²) in [4.78, 5) is 24.7. The molecule has 0 fully saturated rings. The zero-order valence-electron chi connectivity index (χ0n) is 15.7. The van der Waals surface area contributed by atoms with E-state index in [0.29, 0.717) is 0 Å². The number of allylic oxidation sites excluding steroid dienone is 1. The van der Waals surface area contributed by atoms with Crippen LogP contribution in [0.25, 0.3) is 0 Å². The van der Waals surface area contributed by atoms with E-state index in [4.69, 9.17) is 0 Å². The molecule has 0 amide bonds. The monoisotopic (exact) mass is 359 g/mol. The predicted octanol–water partition coefficient (Wildman–Crippen LogP) is 3.50. The number of carboxylic acids is 2. The molecule has 26 heavy (non-hydrogen) atoms. The molecule has 0 aromatic heterocycles. The molecule has 0 saturated heterocycles. The van der Waals surface area contributed by atoms with Gasteiger partial charge in [0.25, 0.3) is 0 Å². The summed E-state index contributed by atoms with van der Waals surface area (Å²) < 4.78 is 0. The Morgan fingerprint density at radius 1 is 1.19 bits per heavy atom. The Balaban J connectivity index is 2.50. The van der Waals surface area contributed by atoms with E-state index in [9.17, 15) is 19.8 Å². The first kappa shape index (κ1) is 20.2. The number of rotatable bonds is 7. The van der Waals surface area contributed by atoms with Gasteiger partial charge in [0.1, 0.15) is 5.54 Å². The minimum absolute atomic E-state index is 0.142. The maximum atomic E-state index is 12.5. The summed E-state index contributed by atoms with van der Waals surface area (Å²) in [5, 5.41) is 23.5. The van der Waals surface area contributed by atoms with Crippen LogP contribution in [-0.4, -0.2) is 33.7 Å². The van der Waals surface area contributed by atoms with Gasteiger partial charge in [0, 0.05) is 6.04 Å². The molecule has 2 unspecified atom stereocenters. The Morgan fingerprint density at radius 2 is 1.85 bits per heavy atom. The van der Waals surface area contributed by atoms with Crippen molar-refractivity contribution in [1.29, 1.82) is 0 Å². The average molecular weight is 359 g/mol. The largest absolute Gasteiger partial charge is 0.481 e. The van der Waals surface area contributed by atoms with Crippen LogP contribution in [0.1, 0.15) is 45.6 Å². The molecule has 0 radical (unpaired) electrons. The Labute approximate surface area is 155 Å². The fourth-order valence-corrected chi connectivity index (χ4v) is 3.87. The fourth-order valence-electron chi connectivity index (χ4n) is 3.87. The number of carbonyl (C=O) groups is 2. The topological polar surface area (TPSA) is 86.6 Å². The third-order valence-corrected chi connectivity index (χ3v) is 5.29. The molecular weight excluding hydrogens is 330 g/mol. The van der Waals surface area contributed by atoms with Gasteiger partial charge in [0.15, 0.2) is 0 Å². The maximum Gasteiger partial charge on any atom is 0.325 e. The Kier molecular flexibility index (Phi) is 6.24. The molecule has 0 bridgehead atoms. The molecular formula is C21H29NO4. The van der Waals surface area contributed by atoms with Crippen LogP contribution in [0, 0.1) is 11.3 Å². The average Bonchev–Trinajstić information content (AvgIpc) is 2.58. The zero-order valence-corrected chi connectivity index (χ0v) is 15.7. The summed E-state index contributed by atoms with van der Waals surface area (Å²) in [5.41, 5.74) is -1.58. The van der Waals surface area contributed by atoms with Crippen LogP contribution < -0.4 is 5.32 Å². The van der Waals surface area contributed by atoms with Crippen LogP contribution in [0.4, 0.5) is 0 Å². The van der Waals surface area contributed by atoms with Crippen molar-refractivity contribution in [2.75, 3.05) is 0 Å². The van der Waals surface area contributed by atoms with E-state index in [2.05, 4.69) is 5.32 Å². The van der Waals surface area contributed by atoms with Gasteiger partial charge in [-0.2, -0.15) is 0 Å². The van der Waals surface area contributed by atoms with Crippen LogP contribution in [-0.2, 0) is 16.0 Å². The van der Waals surface area contributed by atoms with Gasteiger partial charge in [0.2, 0.25) is 0 Å². The predicted molar refractivity (Wildman–Crippen MR) is 101 cm³/mol. The normalized spacial score (nSPS) is 21.0. The van der Waals surface area contributed by atoms with E-state index in [0.717, 1.165) is 24.8 Å². The van der Waals surface area contributed by atoms with Crippen molar-refractivity contribution in [1.82, 2.24) is 5.32 Å². The van der Waals surface area contributed by atoms with E-state index in [1.807, 2.05) is 42.5 Å². The molecule has 2 rings (SSSR count). The van der Waals surface area contributed by atoms with Crippen LogP contribution in [0.2, 0.25) is 0 Å². The maximum absolute atomic E-state index is 12.5. The Morgan fingerprint density at radius 3 is 2.31 bits per heavy atom. The number of carboxylic acid groups (broad SMARTS) is 2. The van der Waals surface area contributed by atoms with Crippen molar-refractivity contribution < 1.29 is 19.8 Å². The zero-order chi connectivity index (χ0) is 19.4. The number of hydrogen-bond acceptors (Lipinski definition) is 3. The Bertz CT molecular complexity index is 662. The highest BCUT2D eigenvalue weighted by atomic mass is 16.4. The van der Waals surface area contributed by atoms with Crippen molar-refractivity contribution in [3.8, 4) is 0 Å². The van der Waals surface area contributed by atoms with E-state index >= 15 is 0 Å². The van der Waals surface area contributed by atoms with Crippen molar-refractivity contribution in [3.05, 3.63) is 48.0 Å². The highest BCUT2D eigenvalue weighted by molar-refractivity contribution is 5.88. The molecule has 0 aliphatic heterocycles.